The average molecular weight is 467 g/mol. The number of hydrogen-bond acceptors (Lipinski definition) is 7. The number of nitrogens with zero attached hydrogens (tertiary/aromatic N) is 5. The van der Waals surface area contributed by atoms with E-state index in [9.17, 15) is 13.2 Å². The van der Waals surface area contributed by atoms with Crippen LogP contribution < -0.4 is 4.90 Å². The molecule has 2 aromatic heterocycles. The first-order valence-corrected chi connectivity index (χ1v) is 10.7. The number of pyridine rings is 1. The van der Waals surface area contributed by atoms with Crippen molar-refractivity contribution in [3.63, 3.8) is 0 Å². The molecule has 11 heteroatoms. The number of ether oxygens (including phenoxy) is 1. The maximum absolute atomic E-state index is 10.6. The Morgan fingerprint density at radius 1 is 1.30 bits per heavy atom. The molecule has 8 nitrogen and oxygen atoms in total. The van der Waals surface area contributed by atoms with Crippen LogP contribution in [-0.2, 0) is 16.1 Å². The third kappa shape index (κ3) is 6.84. The van der Waals surface area contributed by atoms with Gasteiger partial charge in [-0.25, -0.2) is 14.8 Å². The van der Waals surface area contributed by atoms with E-state index in [0.717, 1.165) is 56.4 Å². The highest BCUT2D eigenvalue weighted by molar-refractivity contribution is 5.73. The normalized spacial score (nSPS) is 23.1. The lowest BCUT2D eigenvalue weighted by molar-refractivity contribution is -0.192. The van der Waals surface area contributed by atoms with Gasteiger partial charge in [-0.2, -0.15) is 13.2 Å². The molecule has 0 radical (unpaired) electrons. The van der Waals surface area contributed by atoms with Gasteiger partial charge >= 0.3 is 12.1 Å². The van der Waals surface area contributed by atoms with Crippen LogP contribution in [0, 0.1) is 6.92 Å². The number of rotatable bonds is 4. The van der Waals surface area contributed by atoms with Gasteiger partial charge in [-0.1, -0.05) is 6.07 Å². The zero-order valence-corrected chi connectivity index (χ0v) is 18.6. The van der Waals surface area contributed by atoms with Crippen LogP contribution in [0.1, 0.15) is 30.7 Å². The number of carboxylic acid groups (broad SMARTS) is 1. The van der Waals surface area contributed by atoms with Crippen molar-refractivity contribution in [2.75, 3.05) is 31.6 Å². The number of hydrogen-bond donors (Lipinski definition) is 1. The number of aromatic nitrogens is 3. The Morgan fingerprint density at radius 3 is 2.64 bits per heavy atom. The van der Waals surface area contributed by atoms with Crippen molar-refractivity contribution in [2.45, 2.75) is 50.6 Å². The molecule has 4 heterocycles. The van der Waals surface area contributed by atoms with Crippen LogP contribution in [-0.4, -0.2) is 75.5 Å². The number of likely N-dealkylation sites (N-methyl/N-ethyl adjacent to an activating group) is 1. The number of piperidine rings is 1. The Bertz CT molecular complexity index is 931. The van der Waals surface area contributed by atoms with Gasteiger partial charge in [0, 0.05) is 44.6 Å². The Kier molecular flexibility index (Phi) is 7.85. The van der Waals surface area contributed by atoms with Crippen molar-refractivity contribution in [2.24, 2.45) is 0 Å². The number of alkyl halides is 3. The molecule has 2 aromatic rings. The van der Waals surface area contributed by atoms with Crippen LogP contribution in [0.2, 0.25) is 0 Å². The fourth-order valence-electron chi connectivity index (χ4n) is 4.23. The molecule has 2 aliphatic rings. The van der Waals surface area contributed by atoms with Crippen LogP contribution in [0.25, 0.3) is 0 Å². The minimum atomic E-state index is -5.08. The zero-order chi connectivity index (χ0) is 24.1. The van der Waals surface area contributed by atoms with Gasteiger partial charge in [-0.05, 0) is 44.5 Å². The molecule has 2 saturated heterocycles. The molecule has 2 atom stereocenters. The summed E-state index contributed by atoms with van der Waals surface area (Å²) in [4.78, 5) is 27.0. The highest BCUT2D eigenvalue weighted by Gasteiger charge is 2.45. The van der Waals surface area contributed by atoms with Crippen LogP contribution in [0.4, 0.5) is 19.1 Å². The predicted molar refractivity (Wildman–Crippen MR) is 115 cm³/mol. The summed E-state index contributed by atoms with van der Waals surface area (Å²) in [5, 5.41) is 7.12. The van der Waals surface area contributed by atoms with Crippen molar-refractivity contribution in [1.29, 1.82) is 0 Å². The molecule has 2 aliphatic heterocycles. The van der Waals surface area contributed by atoms with E-state index in [4.69, 9.17) is 14.6 Å². The third-order valence-corrected chi connectivity index (χ3v) is 5.80. The topological polar surface area (TPSA) is 91.7 Å². The number of halogens is 3. The van der Waals surface area contributed by atoms with Crippen molar-refractivity contribution in [3.05, 3.63) is 48.0 Å². The molecule has 33 heavy (non-hydrogen) atoms. The standard InChI is InChI=1S/C20H27N5O.C2HF3O2/c1-16-6-3-7-17(23-16)13-25-11-4-8-20(15-25)12-18(14-26-20)24(2)19-21-9-5-10-22-19;3-2(4,5)1(6)7/h3,5-7,9-10,18H,4,8,11-15H2,1-2H3;(H,6,7). The Balaban J connectivity index is 0.000000383. The van der Waals surface area contributed by atoms with Crippen LogP contribution in [0.5, 0.6) is 0 Å². The van der Waals surface area contributed by atoms with E-state index >= 15 is 0 Å². The van der Waals surface area contributed by atoms with Gasteiger partial charge in [0.1, 0.15) is 0 Å². The SMILES string of the molecule is Cc1cccc(CN2CCCC3(CC(N(C)c4ncccn4)CO3)C2)n1.O=C(O)C(F)(F)F. The predicted octanol–water partition coefficient (Wildman–Crippen LogP) is 3.07. The molecule has 1 spiro atoms. The quantitative estimate of drug-likeness (QED) is 0.734. The molecule has 0 amide bonds. The van der Waals surface area contributed by atoms with E-state index in [1.807, 2.05) is 19.1 Å². The van der Waals surface area contributed by atoms with Gasteiger partial charge in [-0.3, -0.25) is 9.88 Å². The summed E-state index contributed by atoms with van der Waals surface area (Å²) in [6, 6.07) is 8.44. The summed E-state index contributed by atoms with van der Waals surface area (Å²) in [6.07, 6.45) is 1.83. The Hall–Kier alpha value is -2.79. The Morgan fingerprint density at radius 2 is 2.00 bits per heavy atom. The first-order valence-electron chi connectivity index (χ1n) is 10.7. The van der Waals surface area contributed by atoms with Crippen LogP contribution >= 0.6 is 0 Å². The van der Waals surface area contributed by atoms with Crippen molar-refractivity contribution in [1.82, 2.24) is 19.9 Å². The number of carbonyl (C=O) groups is 1. The van der Waals surface area contributed by atoms with Crippen LogP contribution in [0.15, 0.2) is 36.7 Å². The van der Waals surface area contributed by atoms with E-state index < -0.39 is 12.1 Å². The van der Waals surface area contributed by atoms with Crippen molar-refractivity contribution < 1.29 is 27.8 Å². The molecule has 2 unspecified atom stereocenters. The summed E-state index contributed by atoms with van der Waals surface area (Å²) < 4.78 is 38.1. The zero-order valence-electron chi connectivity index (χ0n) is 18.6. The van der Waals surface area contributed by atoms with Gasteiger partial charge in [-0.15, -0.1) is 0 Å². The first-order chi connectivity index (χ1) is 15.6. The lowest BCUT2D eigenvalue weighted by Gasteiger charge is -2.40. The fraction of sp³-hybridized carbons (Fsp3) is 0.545. The molecule has 4 rings (SSSR count). The van der Waals surface area contributed by atoms with Gasteiger partial charge in [0.15, 0.2) is 0 Å². The number of likely N-dealkylation sites (tertiary alicyclic amines) is 1. The lowest BCUT2D eigenvalue weighted by Crippen LogP contribution is -2.48. The summed E-state index contributed by atoms with van der Waals surface area (Å²) in [7, 11) is 2.07. The summed E-state index contributed by atoms with van der Waals surface area (Å²) in [5.41, 5.74) is 2.18. The van der Waals surface area contributed by atoms with E-state index in [0.29, 0.717) is 6.04 Å². The molecular weight excluding hydrogens is 439 g/mol. The largest absolute Gasteiger partial charge is 0.490 e. The molecule has 0 bridgehead atoms. The second-order valence-corrected chi connectivity index (χ2v) is 8.40. The fourth-order valence-corrected chi connectivity index (χ4v) is 4.23. The molecule has 1 N–H and O–H groups in total. The molecule has 2 fully saturated rings. The molecule has 0 saturated carbocycles. The summed E-state index contributed by atoms with van der Waals surface area (Å²) in [6.45, 7) is 5.78. The van der Waals surface area contributed by atoms with Crippen molar-refractivity contribution in [3.8, 4) is 0 Å². The number of anilines is 1. The average Bonchev–Trinajstić information content (AvgIpc) is 3.16. The van der Waals surface area contributed by atoms with Gasteiger partial charge < -0.3 is 14.7 Å². The molecular formula is C22H28F3N5O3. The maximum atomic E-state index is 10.6. The van der Waals surface area contributed by atoms with E-state index in [1.54, 1.807) is 12.4 Å². The second kappa shape index (κ2) is 10.4. The van der Waals surface area contributed by atoms with Gasteiger partial charge in [0.05, 0.1) is 23.9 Å². The van der Waals surface area contributed by atoms with E-state index in [-0.39, 0.29) is 5.60 Å². The third-order valence-electron chi connectivity index (χ3n) is 5.80. The number of aryl methyl sites for hydroxylation is 1. The van der Waals surface area contributed by atoms with E-state index in [2.05, 4.69) is 43.9 Å². The maximum Gasteiger partial charge on any atom is 0.490 e. The minimum Gasteiger partial charge on any atom is -0.475 e. The highest BCUT2D eigenvalue weighted by atomic mass is 19.4. The monoisotopic (exact) mass is 467 g/mol. The number of carboxylic acids is 1. The first kappa shape index (κ1) is 24.8. The molecule has 0 aliphatic carbocycles. The molecule has 180 valence electrons. The van der Waals surface area contributed by atoms with Crippen molar-refractivity contribution >= 4 is 11.9 Å². The lowest BCUT2D eigenvalue weighted by atomic mass is 9.88. The second-order valence-electron chi connectivity index (χ2n) is 8.40. The minimum absolute atomic E-state index is 0.0459. The molecule has 0 aromatic carbocycles. The smallest absolute Gasteiger partial charge is 0.475 e. The Labute approximate surface area is 190 Å². The van der Waals surface area contributed by atoms with E-state index in [1.165, 1.54) is 6.42 Å². The van der Waals surface area contributed by atoms with Crippen LogP contribution in [0.3, 0.4) is 0 Å². The summed E-state index contributed by atoms with van der Waals surface area (Å²) in [5.74, 6) is -1.98. The summed E-state index contributed by atoms with van der Waals surface area (Å²) >= 11 is 0. The van der Waals surface area contributed by atoms with Gasteiger partial charge in [0.25, 0.3) is 0 Å². The highest BCUT2D eigenvalue weighted by Crippen LogP contribution is 2.37. The van der Waals surface area contributed by atoms with Gasteiger partial charge in [0.2, 0.25) is 5.95 Å². The number of aliphatic carboxylic acids is 1.